The van der Waals surface area contributed by atoms with E-state index in [1.165, 1.54) is 0 Å². The quantitative estimate of drug-likeness (QED) is 0.629. The highest BCUT2D eigenvalue weighted by molar-refractivity contribution is 7.92. The van der Waals surface area contributed by atoms with E-state index in [9.17, 15) is 8.42 Å². The zero-order chi connectivity index (χ0) is 19.6. The highest BCUT2D eigenvalue weighted by atomic mass is 32.2. The first-order valence-electron chi connectivity index (χ1n) is 9.49. The van der Waals surface area contributed by atoms with Gasteiger partial charge in [0.25, 0.3) is 0 Å². The normalized spacial score (nSPS) is 14.2. The molecule has 1 saturated carbocycles. The molecule has 0 unspecified atom stereocenters. The molecule has 1 N–H and O–H groups in total. The summed E-state index contributed by atoms with van der Waals surface area (Å²) in [5.74, 6) is 0.495. The predicted molar refractivity (Wildman–Crippen MR) is 109 cm³/mol. The Balaban J connectivity index is 1.48. The molecule has 0 spiro atoms. The number of anilines is 1. The van der Waals surface area contributed by atoms with Crippen LogP contribution in [0.3, 0.4) is 0 Å². The first-order valence-corrected chi connectivity index (χ1v) is 11.1. The second-order valence-electron chi connectivity index (χ2n) is 7.19. The van der Waals surface area contributed by atoms with Gasteiger partial charge in [-0.05, 0) is 49.4 Å². The summed E-state index contributed by atoms with van der Waals surface area (Å²) in [6.45, 7) is 2.13. The molecular formula is C20H23N5O2S. The van der Waals surface area contributed by atoms with Gasteiger partial charge >= 0.3 is 0 Å². The van der Waals surface area contributed by atoms with Crippen molar-refractivity contribution in [2.24, 2.45) is 5.92 Å². The topological polar surface area (TPSA) is 89.8 Å². The Morgan fingerprint density at radius 3 is 2.75 bits per heavy atom. The molecule has 4 rings (SSSR count). The monoisotopic (exact) mass is 397 g/mol. The van der Waals surface area contributed by atoms with E-state index >= 15 is 0 Å². The van der Waals surface area contributed by atoms with E-state index in [0.29, 0.717) is 11.6 Å². The molecule has 1 aliphatic rings. The lowest BCUT2D eigenvalue weighted by Crippen LogP contribution is -2.17. The standard InChI is InChI=1S/C20H23N5O2S/c1-2-3-17-10-19(8-9-21-17)25-13-16(11-23-25)20-7-6-18(12-22-20)24-28(26,27)14-15-4-5-15/h6-13,15,24H,2-5,14H2,1H3. The Hall–Kier alpha value is -2.74. The molecule has 3 aromatic rings. The van der Waals surface area contributed by atoms with Gasteiger partial charge in [0.15, 0.2) is 0 Å². The van der Waals surface area contributed by atoms with Gasteiger partial charge in [-0.3, -0.25) is 14.7 Å². The molecule has 8 heteroatoms. The Morgan fingerprint density at radius 2 is 2.04 bits per heavy atom. The van der Waals surface area contributed by atoms with Crippen molar-refractivity contribution in [2.75, 3.05) is 10.5 Å². The summed E-state index contributed by atoms with van der Waals surface area (Å²) in [6.07, 6.45) is 11.0. The zero-order valence-electron chi connectivity index (χ0n) is 15.7. The van der Waals surface area contributed by atoms with E-state index < -0.39 is 10.0 Å². The average Bonchev–Trinajstić information content (AvgIpc) is 3.33. The Bertz CT molecular complexity index is 1060. The first kappa shape index (κ1) is 18.6. The molecule has 0 radical (unpaired) electrons. The van der Waals surface area contributed by atoms with Gasteiger partial charge in [-0.1, -0.05) is 13.3 Å². The number of nitrogens with one attached hydrogen (secondary N) is 1. The van der Waals surface area contributed by atoms with Gasteiger partial charge in [-0.2, -0.15) is 5.10 Å². The van der Waals surface area contributed by atoms with Gasteiger partial charge in [0.1, 0.15) is 0 Å². The van der Waals surface area contributed by atoms with E-state index in [1.807, 2.05) is 18.3 Å². The SMILES string of the molecule is CCCc1cc(-n2cc(-c3ccc(NS(=O)(=O)CC4CC4)cn3)cn2)ccn1. The molecule has 7 nitrogen and oxygen atoms in total. The summed E-state index contributed by atoms with van der Waals surface area (Å²) in [7, 11) is -3.30. The van der Waals surface area contributed by atoms with E-state index in [0.717, 1.165) is 48.3 Å². The minimum Gasteiger partial charge on any atom is -0.282 e. The Morgan fingerprint density at radius 1 is 1.18 bits per heavy atom. The molecule has 1 aliphatic carbocycles. The summed E-state index contributed by atoms with van der Waals surface area (Å²) in [6, 6.07) is 7.48. The molecule has 0 bridgehead atoms. The van der Waals surface area contributed by atoms with Crippen LogP contribution < -0.4 is 4.72 Å². The van der Waals surface area contributed by atoms with Crippen LogP contribution in [0.4, 0.5) is 5.69 Å². The zero-order valence-corrected chi connectivity index (χ0v) is 16.6. The van der Waals surface area contributed by atoms with E-state index in [-0.39, 0.29) is 5.75 Å². The second-order valence-corrected chi connectivity index (χ2v) is 8.95. The smallest absolute Gasteiger partial charge is 0.233 e. The molecule has 146 valence electrons. The molecule has 0 aromatic carbocycles. The highest BCUT2D eigenvalue weighted by Crippen LogP contribution is 2.30. The largest absolute Gasteiger partial charge is 0.282 e. The summed E-state index contributed by atoms with van der Waals surface area (Å²) in [5.41, 5.74) is 4.07. The molecule has 3 aromatic heterocycles. The number of pyridine rings is 2. The lowest BCUT2D eigenvalue weighted by molar-refractivity contribution is 0.597. The van der Waals surface area contributed by atoms with Crippen molar-refractivity contribution in [1.29, 1.82) is 0 Å². The molecule has 1 fully saturated rings. The molecular weight excluding hydrogens is 374 g/mol. The maximum Gasteiger partial charge on any atom is 0.233 e. The van der Waals surface area contributed by atoms with Gasteiger partial charge in [0, 0.05) is 23.7 Å². The van der Waals surface area contributed by atoms with E-state index in [1.54, 1.807) is 35.4 Å². The summed E-state index contributed by atoms with van der Waals surface area (Å²) in [4.78, 5) is 8.76. The van der Waals surface area contributed by atoms with Gasteiger partial charge in [0.05, 0.1) is 35.2 Å². The number of sulfonamides is 1. The van der Waals surface area contributed by atoms with Crippen molar-refractivity contribution >= 4 is 15.7 Å². The van der Waals surface area contributed by atoms with Crippen LogP contribution in [0.1, 0.15) is 31.9 Å². The highest BCUT2D eigenvalue weighted by Gasteiger charge is 2.28. The van der Waals surface area contributed by atoms with Crippen LogP contribution in [-0.2, 0) is 16.4 Å². The van der Waals surface area contributed by atoms with Crippen LogP contribution in [0.2, 0.25) is 0 Å². The van der Waals surface area contributed by atoms with Gasteiger partial charge in [-0.25, -0.2) is 13.1 Å². The number of aryl methyl sites for hydroxylation is 1. The minimum atomic E-state index is -3.30. The molecule has 0 atom stereocenters. The van der Waals surface area contributed by atoms with Crippen LogP contribution in [0.5, 0.6) is 0 Å². The lowest BCUT2D eigenvalue weighted by Gasteiger charge is -2.07. The Kier molecular flexibility index (Phi) is 5.13. The maximum atomic E-state index is 12.1. The van der Waals surface area contributed by atoms with Gasteiger partial charge in [0.2, 0.25) is 10.0 Å². The second kappa shape index (κ2) is 7.71. The van der Waals surface area contributed by atoms with Crippen molar-refractivity contribution < 1.29 is 8.42 Å². The number of aromatic nitrogens is 4. The number of hydrogen-bond donors (Lipinski definition) is 1. The third-order valence-electron chi connectivity index (χ3n) is 4.64. The van der Waals surface area contributed by atoms with E-state index in [2.05, 4.69) is 26.7 Å². The van der Waals surface area contributed by atoms with Gasteiger partial charge in [-0.15, -0.1) is 0 Å². The fraction of sp³-hybridized carbons (Fsp3) is 0.350. The summed E-state index contributed by atoms with van der Waals surface area (Å²) >= 11 is 0. The minimum absolute atomic E-state index is 0.188. The molecule has 0 aliphatic heterocycles. The Labute approximate surface area is 164 Å². The van der Waals surface area contributed by atoms with Crippen LogP contribution in [0.25, 0.3) is 16.9 Å². The molecule has 28 heavy (non-hydrogen) atoms. The number of nitrogens with zero attached hydrogens (tertiary/aromatic N) is 4. The van der Waals surface area contributed by atoms with Gasteiger partial charge < -0.3 is 0 Å². The third-order valence-corrected chi connectivity index (χ3v) is 6.10. The average molecular weight is 398 g/mol. The first-order chi connectivity index (χ1) is 13.5. The maximum absolute atomic E-state index is 12.1. The molecule has 0 saturated heterocycles. The summed E-state index contributed by atoms with van der Waals surface area (Å²) < 4.78 is 28.6. The van der Waals surface area contributed by atoms with Crippen LogP contribution in [-0.4, -0.2) is 33.9 Å². The van der Waals surface area contributed by atoms with Crippen LogP contribution in [0, 0.1) is 5.92 Å². The fourth-order valence-electron chi connectivity index (χ4n) is 3.04. The number of hydrogen-bond acceptors (Lipinski definition) is 5. The third kappa shape index (κ3) is 4.56. The summed E-state index contributed by atoms with van der Waals surface area (Å²) in [5, 5.41) is 4.42. The predicted octanol–water partition coefficient (Wildman–Crippen LogP) is 3.43. The van der Waals surface area contributed by atoms with Crippen molar-refractivity contribution in [1.82, 2.24) is 19.7 Å². The lowest BCUT2D eigenvalue weighted by atomic mass is 10.2. The molecule has 3 heterocycles. The van der Waals surface area contributed by atoms with Crippen molar-refractivity contribution in [3.63, 3.8) is 0 Å². The van der Waals surface area contributed by atoms with Crippen molar-refractivity contribution in [2.45, 2.75) is 32.6 Å². The van der Waals surface area contributed by atoms with E-state index in [4.69, 9.17) is 0 Å². The van der Waals surface area contributed by atoms with Crippen LogP contribution >= 0.6 is 0 Å². The van der Waals surface area contributed by atoms with Crippen molar-refractivity contribution in [3.8, 4) is 16.9 Å². The molecule has 0 amide bonds. The van der Waals surface area contributed by atoms with Crippen LogP contribution in [0.15, 0.2) is 49.1 Å². The number of rotatable bonds is 8. The fourth-order valence-corrected chi connectivity index (χ4v) is 4.56. The van der Waals surface area contributed by atoms with Crippen molar-refractivity contribution in [3.05, 3.63) is 54.7 Å².